The van der Waals surface area contributed by atoms with Crippen LogP contribution in [0.1, 0.15) is 45.2 Å². The number of aromatic nitrogens is 2. The molecule has 1 aliphatic heterocycles. The monoisotopic (exact) mass is 536 g/mol. The number of para-hydroxylation sites is 2. The first kappa shape index (κ1) is 26.3. The van der Waals surface area contributed by atoms with Crippen LogP contribution < -0.4 is 17.2 Å². The van der Waals surface area contributed by atoms with E-state index < -0.39 is 11.6 Å². The molecule has 1 saturated heterocycles. The lowest BCUT2D eigenvalue weighted by Gasteiger charge is -2.23. The minimum absolute atomic E-state index is 0. The summed E-state index contributed by atoms with van der Waals surface area (Å²) in [6, 6.07) is 23.8. The largest absolute Gasteiger partial charge is 0.344 e. The molecule has 0 unspecified atom stereocenters. The van der Waals surface area contributed by atoms with Crippen molar-refractivity contribution in [2.75, 3.05) is 13.1 Å². The van der Waals surface area contributed by atoms with E-state index in [1.165, 1.54) is 0 Å². The molecule has 3 aromatic carbocycles. The Bertz CT molecular complexity index is 1320. The zero-order valence-electron chi connectivity index (χ0n) is 19.4. The van der Waals surface area contributed by atoms with Gasteiger partial charge in [0.15, 0.2) is 0 Å². The summed E-state index contributed by atoms with van der Waals surface area (Å²) < 4.78 is 1.91. The molecule has 4 aromatic rings. The van der Waals surface area contributed by atoms with Crippen LogP contribution in [0.5, 0.6) is 0 Å². The Kier molecular flexibility index (Phi) is 9.31. The molecule has 5 N–H and O–H groups in total. The van der Waals surface area contributed by atoms with Gasteiger partial charge in [0.2, 0.25) is 11.6 Å². The van der Waals surface area contributed by atoms with Crippen molar-refractivity contribution >= 4 is 38.5 Å². The zero-order chi connectivity index (χ0) is 23.9. The first-order valence-corrected chi connectivity index (χ1v) is 12.4. The maximum Gasteiger partial charge on any atom is 0.326 e. The van der Waals surface area contributed by atoms with E-state index in [0.29, 0.717) is 17.2 Å². The molecule has 0 atom stereocenters. The van der Waals surface area contributed by atoms with Crippen molar-refractivity contribution < 1.29 is 9.59 Å². The number of nitrogens with one attached hydrogen (secondary N) is 2. The average molecular weight is 537 g/mol. The van der Waals surface area contributed by atoms with Crippen molar-refractivity contribution in [2.45, 2.75) is 24.2 Å². The number of rotatable bonds is 5. The molecule has 1 aromatic heterocycles. The fourth-order valence-corrected chi connectivity index (χ4v) is 4.47. The van der Waals surface area contributed by atoms with E-state index in [9.17, 15) is 14.4 Å². The Morgan fingerprint density at radius 1 is 0.829 bits per heavy atom. The fourth-order valence-electron chi connectivity index (χ4n) is 4.10. The predicted molar refractivity (Wildman–Crippen MR) is 143 cm³/mol. The summed E-state index contributed by atoms with van der Waals surface area (Å²) in [5.41, 5.74) is 3.90. The van der Waals surface area contributed by atoms with Gasteiger partial charge in [0.1, 0.15) is 0 Å². The molecule has 0 spiro atoms. The van der Waals surface area contributed by atoms with Gasteiger partial charge in [-0.05, 0) is 43.6 Å². The van der Waals surface area contributed by atoms with Crippen molar-refractivity contribution in [1.82, 2.24) is 21.0 Å². The summed E-state index contributed by atoms with van der Waals surface area (Å²) in [5.74, 6) is -0.940. The number of hydrogen-bond acceptors (Lipinski definition) is 5. The highest BCUT2D eigenvalue weighted by Gasteiger charge is 2.19. The van der Waals surface area contributed by atoms with Crippen LogP contribution in [0.4, 0.5) is 0 Å². The van der Waals surface area contributed by atoms with Crippen molar-refractivity contribution in [2.24, 2.45) is 0 Å². The van der Waals surface area contributed by atoms with Gasteiger partial charge in [-0.25, -0.2) is 4.79 Å². The van der Waals surface area contributed by atoms with Crippen molar-refractivity contribution in [3.05, 3.63) is 106 Å². The van der Waals surface area contributed by atoms with Crippen LogP contribution in [0.15, 0.2) is 83.7 Å². The number of alkyl halides is 1. The summed E-state index contributed by atoms with van der Waals surface area (Å²) in [6.45, 7) is 1.99. The number of fused-ring (bicyclic) bond motifs is 1. The number of imidazole rings is 1. The quantitative estimate of drug-likeness (QED) is 0.187. The number of carbonyl (C=O) groups excluding carboxylic acids is 2. The second-order valence-corrected chi connectivity index (χ2v) is 8.71. The lowest BCUT2D eigenvalue weighted by molar-refractivity contribution is 0.0817. The third-order valence-corrected chi connectivity index (χ3v) is 6.56. The number of Topliss-reactive ketones (excluding diaryl/α,β-unsaturated/α-hetero) is 2. The number of piperidine rings is 1. The number of halogens is 1. The number of nitrogens with zero attached hydrogens (tertiary/aromatic N) is 1. The van der Waals surface area contributed by atoms with Crippen LogP contribution >= 0.6 is 15.9 Å². The molecule has 0 amide bonds. The first-order chi connectivity index (χ1) is 16.6. The molecular weight excluding hydrogens is 508 g/mol. The topological polar surface area (TPSA) is 119 Å². The van der Waals surface area contributed by atoms with Crippen LogP contribution in [-0.4, -0.2) is 34.2 Å². The van der Waals surface area contributed by atoms with Gasteiger partial charge in [0.05, 0.1) is 11.0 Å². The Balaban J connectivity index is 0.000000191. The Labute approximate surface area is 212 Å². The van der Waals surface area contributed by atoms with Crippen LogP contribution in [0.25, 0.3) is 11.0 Å². The second kappa shape index (κ2) is 12.4. The third-order valence-electron chi connectivity index (χ3n) is 5.91. The van der Waals surface area contributed by atoms with Gasteiger partial charge in [0.25, 0.3) is 0 Å². The maximum absolute atomic E-state index is 12.0. The van der Waals surface area contributed by atoms with E-state index in [2.05, 4.69) is 26.2 Å². The normalized spacial score (nSPS) is 13.4. The molecule has 2 heterocycles. The van der Waals surface area contributed by atoms with Crippen molar-refractivity contribution in [3.63, 3.8) is 0 Å². The van der Waals surface area contributed by atoms with Crippen molar-refractivity contribution in [1.29, 1.82) is 0 Å². The van der Waals surface area contributed by atoms with E-state index in [4.69, 9.17) is 0 Å². The number of ketones is 2. The minimum Gasteiger partial charge on any atom is -0.344 e. The molecule has 7 nitrogen and oxygen atoms in total. The Hall–Kier alpha value is -3.33. The summed E-state index contributed by atoms with van der Waals surface area (Å²) in [7, 11) is 0. The number of H-pyrrole nitrogens is 1. The molecule has 8 heteroatoms. The summed E-state index contributed by atoms with van der Waals surface area (Å²) in [4.78, 5) is 38.8. The standard InChI is InChI=1S/C15H11BrO2.C12H15N3O.H3N/c16-10-11-6-8-13(9-7-11)15(18)14(17)12-4-2-1-3-5-12;16-12-14-10-3-1-2-4-11(10)15(12)9-5-7-13-8-6-9;/h1-9H,10H2;1-4,9,13H,5-8H2,(H,14,16);1H3. The summed E-state index contributed by atoms with van der Waals surface area (Å²) in [6.07, 6.45) is 2.06. The van der Waals surface area contributed by atoms with E-state index in [1.807, 2.05) is 47.0 Å². The number of carbonyl (C=O) groups is 2. The number of benzene rings is 3. The van der Waals surface area contributed by atoms with Crippen LogP contribution in [0.3, 0.4) is 0 Å². The molecule has 0 aliphatic carbocycles. The SMILES string of the molecule is N.O=C(C(=O)c1ccc(CBr)cc1)c1ccccc1.O=c1[nH]c2ccccc2n1C1CCNCC1. The highest BCUT2D eigenvalue weighted by molar-refractivity contribution is 9.08. The number of aromatic amines is 1. The molecule has 0 saturated carbocycles. The molecule has 35 heavy (non-hydrogen) atoms. The third kappa shape index (κ3) is 6.22. The van der Waals surface area contributed by atoms with Crippen LogP contribution in [0.2, 0.25) is 0 Å². The Morgan fingerprint density at radius 3 is 2.03 bits per heavy atom. The zero-order valence-corrected chi connectivity index (χ0v) is 21.0. The van der Waals surface area contributed by atoms with Gasteiger partial charge in [-0.1, -0.05) is 82.7 Å². The molecule has 1 aliphatic rings. The van der Waals surface area contributed by atoms with Crippen LogP contribution in [0, 0.1) is 0 Å². The van der Waals surface area contributed by atoms with E-state index in [0.717, 1.165) is 47.9 Å². The fraction of sp³-hybridized carbons (Fsp3) is 0.222. The summed E-state index contributed by atoms with van der Waals surface area (Å²) in [5, 5.41) is 4.05. The van der Waals surface area contributed by atoms with Gasteiger partial charge < -0.3 is 16.5 Å². The molecule has 1 fully saturated rings. The van der Waals surface area contributed by atoms with E-state index >= 15 is 0 Å². The van der Waals surface area contributed by atoms with Crippen LogP contribution in [-0.2, 0) is 5.33 Å². The molecular formula is C27H29BrN4O3. The Morgan fingerprint density at radius 2 is 1.40 bits per heavy atom. The lowest BCUT2D eigenvalue weighted by atomic mass is 10.0. The van der Waals surface area contributed by atoms with E-state index in [-0.39, 0.29) is 11.8 Å². The van der Waals surface area contributed by atoms with Crippen molar-refractivity contribution in [3.8, 4) is 0 Å². The minimum atomic E-state index is -0.470. The van der Waals surface area contributed by atoms with Gasteiger partial charge in [-0.3, -0.25) is 14.2 Å². The predicted octanol–water partition coefficient (Wildman–Crippen LogP) is 5.06. The van der Waals surface area contributed by atoms with Gasteiger partial charge in [0, 0.05) is 22.5 Å². The maximum atomic E-state index is 12.0. The summed E-state index contributed by atoms with van der Waals surface area (Å²) >= 11 is 3.33. The molecule has 182 valence electrons. The first-order valence-electron chi connectivity index (χ1n) is 11.3. The molecule has 0 radical (unpaired) electrons. The smallest absolute Gasteiger partial charge is 0.326 e. The van der Waals surface area contributed by atoms with Gasteiger partial charge in [-0.15, -0.1) is 0 Å². The highest BCUT2D eigenvalue weighted by atomic mass is 79.9. The van der Waals surface area contributed by atoms with E-state index in [1.54, 1.807) is 36.4 Å². The highest BCUT2D eigenvalue weighted by Crippen LogP contribution is 2.21. The lowest BCUT2D eigenvalue weighted by Crippen LogP contribution is -2.33. The van der Waals surface area contributed by atoms with Gasteiger partial charge >= 0.3 is 5.69 Å². The van der Waals surface area contributed by atoms with Gasteiger partial charge in [-0.2, -0.15) is 0 Å². The molecule has 0 bridgehead atoms. The molecule has 5 rings (SSSR count). The average Bonchev–Trinajstić information content (AvgIpc) is 3.25. The number of hydrogen-bond donors (Lipinski definition) is 3. The second-order valence-electron chi connectivity index (χ2n) is 8.15.